The van der Waals surface area contributed by atoms with Gasteiger partial charge in [-0.2, -0.15) is 0 Å². The van der Waals surface area contributed by atoms with Gasteiger partial charge in [0.1, 0.15) is 12.7 Å². The van der Waals surface area contributed by atoms with E-state index in [1.807, 2.05) is 0 Å². The van der Waals surface area contributed by atoms with Crippen molar-refractivity contribution in [2.45, 2.75) is 167 Å². The molecule has 0 heterocycles. The van der Waals surface area contributed by atoms with Crippen LogP contribution in [0.3, 0.4) is 0 Å². The van der Waals surface area contributed by atoms with Crippen LogP contribution in [0.25, 0.3) is 0 Å². The van der Waals surface area contributed by atoms with Gasteiger partial charge in [-0.05, 0) is 77.0 Å². The molecular formula is C42H73O10P. The number of aliphatic hydroxyl groups is 2. The van der Waals surface area contributed by atoms with Crippen molar-refractivity contribution in [3.05, 3.63) is 60.8 Å². The number of carbonyl (C=O) groups is 2. The number of ether oxygens (including phenoxy) is 2. The molecule has 306 valence electrons. The summed E-state index contributed by atoms with van der Waals surface area (Å²) < 4.78 is 32.6. The number of allylic oxidation sites excluding steroid dienone is 10. The molecule has 0 saturated carbocycles. The van der Waals surface area contributed by atoms with Crippen molar-refractivity contribution in [2.75, 3.05) is 26.4 Å². The van der Waals surface area contributed by atoms with Crippen molar-refractivity contribution in [3.63, 3.8) is 0 Å². The summed E-state index contributed by atoms with van der Waals surface area (Å²) in [5.41, 5.74) is 0. The van der Waals surface area contributed by atoms with Crippen molar-refractivity contribution in [1.29, 1.82) is 0 Å². The van der Waals surface area contributed by atoms with Gasteiger partial charge in [-0.25, -0.2) is 4.57 Å². The Morgan fingerprint density at radius 3 is 1.57 bits per heavy atom. The second-order valence-electron chi connectivity index (χ2n) is 13.3. The lowest BCUT2D eigenvalue weighted by Crippen LogP contribution is -2.29. The Kier molecular flexibility index (Phi) is 36.3. The minimum absolute atomic E-state index is 0.154. The lowest BCUT2D eigenvalue weighted by atomic mass is 10.1. The van der Waals surface area contributed by atoms with Crippen LogP contribution in [-0.2, 0) is 32.7 Å². The normalized spacial score (nSPS) is 14.6. The number of hydrogen-bond acceptors (Lipinski definition) is 9. The maximum atomic E-state index is 12.6. The quantitative estimate of drug-likeness (QED) is 0.0241. The minimum Gasteiger partial charge on any atom is -0.462 e. The zero-order valence-corrected chi connectivity index (χ0v) is 33.9. The van der Waals surface area contributed by atoms with E-state index in [4.69, 9.17) is 19.1 Å². The van der Waals surface area contributed by atoms with E-state index in [0.29, 0.717) is 12.8 Å². The number of phosphoric acid groups is 1. The summed E-state index contributed by atoms with van der Waals surface area (Å²) in [7, 11) is -4.63. The third kappa shape index (κ3) is 37.8. The highest BCUT2D eigenvalue weighted by atomic mass is 31.2. The Balaban J connectivity index is 4.43. The Bertz CT molecular complexity index is 1070. The second kappa shape index (κ2) is 38.0. The molecule has 10 nitrogen and oxygen atoms in total. The highest BCUT2D eigenvalue weighted by Crippen LogP contribution is 2.43. The molecule has 3 N–H and O–H groups in total. The van der Waals surface area contributed by atoms with E-state index in [1.54, 1.807) is 0 Å². The van der Waals surface area contributed by atoms with Crippen LogP contribution in [0.5, 0.6) is 0 Å². The summed E-state index contributed by atoms with van der Waals surface area (Å²) in [4.78, 5) is 34.9. The lowest BCUT2D eigenvalue weighted by Gasteiger charge is -2.20. The first-order valence-electron chi connectivity index (χ1n) is 20.2. The Morgan fingerprint density at radius 1 is 0.566 bits per heavy atom. The molecule has 0 aromatic rings. The van der Waals surface area contributed by atoms with Gasteiger partial charge in [0.25, 0.3) is 0 Å². The first kappa shape index (κ1) is 50.7. The number of rotatable bonds is 37. The molecule has 0 bridgehead atoms. The van der Waals surface area contributed by atoms with Crippen LogP contribution in [0.2, 0.25) is 0 Å². The molecule has 0 radical (unpaired) electrons. The fourth-order valence-corrected chi connectivity index (χ4v) is 5.77. The third-order valence-electron chi connectivity index (χ3n) is 8.13. The van der Waals surface area contributed by atoms with E-state index in [2.05, 4.69) is 79.1 Å². The van der Waals surface area contributed by atoms with Gasteiger partial charge in [-0.15, -0.1) is 0 Å². The summed E-state index contributed by atoms with van der Waals surface area (Å²) in [6.45, 7) is 2.23. The van der Waals surface area contributed by atoms with Gasteiger partial charge in [-0.1, -0.05) is 126 Å². The van der Waals surface area contributed by atoms with Crippen LogP contribution in [0.15, 0.2) is 60.8 Å². The maximum absolute atomic E-state index is 12.6. The third-order valence-corrected chi connectivity index (χ3v) is 9.08. The molecule has 3 atom stereocenters. The van der Waals surface area contributed by atoms with Crippen LogP contribution in [0, 0.1) is 0 Å². The molecule has 0 amide bonds. The van der Waals surface area contributed by atoms with Crippen LogP contribution in [-0.4, -0.2) is 65.7 Å². The van der Waals surface area contributed by atoms with E-state index >= 15 is 0 Å². The van der Waals surface area contributed by atoms with Crippen molar-refractivity contribution in [2.24, 2.45) is 0 Å². The van der Waals surface area contributed by atoms with E-state index in [-0.39, 0.29) is 19.4 Å². The first-order chi connectivity index (χ1) is 25.7. The van der Waals surface area contributed by atoms with E-state index in [9.17, 15) is 24.2 Å². The lowest BCUT2D eigenvalue weighted by molar-refractivity contribution is -0.161. The topological polar surface area (TPSA) is 149 Å². The fraction of sp³-hybridized carbons (Fsp3) is 0.714. The van der Waals surface area contributed by atoms with Gasteiger partial charge in [0.05, 0.1) is 19.8 Å². The molecule has 11 heteroatoms. The van der Waals surface area contributed by atoms with Crippen LogP contribution >= 0.6 is 7.82 Å². The zero-order chi connectivity index (χ0) is 39.1. The van der Waals surface area contributed by atoms with Gasteiger partial charge in [0.2, 0.25) is 0 Å². The average molecular weight is 769 g/mol. The zero-order valence-electron chi connectivity index (χ0n) is 33.0. The highest BCUT2D eigenvalue weighted by Gasteiger charge is 2.27. The predicted octanol–water partition coefficient (Wildman–Crippen LogP) is 10.3. The molecule has 0 fully saturated rings. The standard InChI is InChI=1S/C42H73O10P/c1-3-5-7-9-11-13-15-17-18-19-20-22-23-25-27-29-31-33-41(45)49-37-40(38-51-53(47,48)50-36-39(44)35-43)52-42(46)34-32-30-28-26-24-21-16-14-12-10-8-6-4-2/h7,9,13,15,18-19,21-24,39-40,43-44H,3-6,8,10-12,14,16-17,20,25-38H2,1-2H3,(H,47,48)/b9-7+,15-13+,19-18+,23-22+,24-21+/t39-,40+/m0/s1. The molecule has 1 unspecified atom stereocenters. The Morgan fingerprint density at radius 2 is 1.02 bits per heavy atom. The summed E-state index contributed by atoms with van der Waals surface area (Å²) in [5.74, 6) is -0.985. The van der Waals surface area contributed by atoms with E-state index < -0.39 is 51.8 Å². The number of hydrogen-bond donors (Lipinski definition) is 3. The summed E-state index contributed by atoms with van der Waals surface area (Å²) >= 11 is 0. The molecule has 0 aliphatic heterocycles. The smallest absolute Gasteiger partial charge is 0.462 e. The first-order valence-corrected chi connectivity index (χ1v) is 21.7. The van der Waals surface area contributed by atoms with E-state index in [0.717, 1.165) is 70.6 Å². The van der Waals surface area contributed by atoms with Crippen molar-refractivity contribution < 1.29 is 47.8 Å². The highest BCUT2D eigenvalue weighted by molar-refractivity contribution is 7.47. The monoisotopic (exact) mass is 768 g/mol. The van der Waals surface area contributed by atoms with Gasteiger partial charge >= 0.3 is 19.8 Å². The van der Waals surface area contributed by atoms with Crippen molar-refractivity contribution in [3.8, 4) is 0 Å². The number of aliphatic hydroxyl groups excluding tert-OH is 2. The SMILES string of the molecule is CCC/C=C/C/C=C/C/C=C/C/C=C/CCCCCC(=O)OC[C@H](COP(=O)(O)OC[C@@H](O)CO)OC(=O)CCCCC/C=C/CCCCCCCC. The maximum Gasteiger partial charge on any atom is 0.472 e. The van der Waals surface area contributed by atoms with Gasteiger partial charge in [-0.3, -0.25) is 18.6 Å². The molecule has 0 saturated heterocycles. The molecule has 0 aromatic heterocycles. The Hall–Kier alpha value is -2.33. The summed E-state index contributed by atoms with van der Waals surface area (Å²) in [5, 5.41) is 18.3. The van der Waals surface area contributed by atoms with Crippen LogP contribution in [0.1, 0.15) is 155 Å². The molecule has 0 aliphatic carbocycles. The summed E-state index contributed by atoms with van der Waals surface area (Å²) in [6, 6.07) is 0. The molecule has 0 aromatic carbocycles. The second-order valence-corrected chi connectivity index (χ2v) is 14.8. The number of esters is 2. The Labute approximate surface area is 321 Å². The minimum atomic E-state index is -4.63. The fourth-order valence-electron chi connectivity index (χ4n) is 4.98. The largest absolute Gasteiger partial charge is 0.472 e. The van der Waals surface area contributed by atoms with Gasteiger partial charge in [0.15, 0.2) is 6.10 Å². The number of phosphoric ester groups is 1. The summed E-state index contributed by atoms with van der Waals surface area (Å²) in [6.07, 6.45) is 40.4. The van der Waals surface area contributed by atoms with E-state index in [1.165, 1.54) is 44.9 Å². The van der Waals surface area contributed by atoms with Crippen LogP contribution in [0.4, 0.5) is 0 Å². The van der Waals surface area contributed by atoms with Gasteiger partial charge < -0.3 is 24.6 Å². The molecule has 0 spiro atoms. The molecule has 0 rings (SSSR count). The molecular weight excluding hydrogens is 695 g/mol. The van der Waals surface area contributed by atoms with Crippen molar-refractivity contribution >= 4 is 19.8 Å². The molecule has 0 aliphatic rings. The number of carbonyl (C=O) groups excluding carboxylic acids is 2. The average Bonchev–Trinajstić information content (AvgIpc) is 3.14. The van der Waals surface area contributed by atoms with Crippen LogP contribution < -0.4 is 0 Å². The molecule has 53 heavy (non-hydrogen) atoms. The van der Waals surface area contributed by atoms with Gasteiger partial charge in [0, 0.05) is 12.8 Å². The number of unbranched alkanes of at least 4 members (excludes halogenated alkanes) is 13. The predicted molar refractivity (Wildman–Crippen MR) is 214 cm³/mol. The van der Waals surface area contributed by atoms with Crippen molar-refractivity contribution in [1.82, 2.24) is 0 Å².